The van der Waals surface area contributed by atoms with Crippen LogP contribution in [0.1, 0.15) is 31.9 Å². The first kappa shape index (κ1) is 29.8. The highest BCUT2D eigenvalue weighted by Crippen LogP contribution is 2.35. The highest BCUT2D eigenvalue weighted by atomic mass is 35.5. The lowest BCUT2D eigenvalue weighted by Crippen LogP contribution is -2.28. The second kappa shape index (κ2) is 12.7. The summed E-state index contributed by atoms with van der Waals surface area (Å²) in [6.45, 7) is 5.61. The average molecular weight is 602 g/mol. The largest absolute Gasteiger partial charge is 0.486 e. The van der Waals surface area contributed by atoms with Crippen molar-refractivity contribution in [2.75, 3.05) is 4.90 Å². The Morgan fingerprint density at radius 2 is 1.60 bits per heavy atom. The molecule has 1 aromatic heterocycles. The third-order valence-corrected chi connectivity index (χ3v) is 6.77. The van der Waals surface area contributed by atoms with Crippen molar-refractivity contribution in [3.8, 4) is 17.0 Å². The van der Waals surface area contributed by atoms with Crippen LogP contribution in [0.2, 0.25) is 5.02 Å². The molecule has 220 valence electrons. The fourth-order valence-electron chi connectivity index (χ4n) is 4.39. The van der Waals surface area contributed by atoms with Gasteiger partial charge < -0.3 is 14.4 Å². The fraction of sp³-hybridized carbons (Fsp3) is 0.176. The lowest BCUT2D eigenvalue weighted by molar-refractivity contribution is 0.0518. The number of hydrogen-bond acceptors (Lipinski definition) is 5. The number of anilines is 2. The fourth-order valence-corrected chi connectivity index (χ4v) is 4.62. The number of rotatable bonds is 8. The molecule has 0 atom stereocenters. The molecule has 5 rings (SSSR count). The van der Waals surface area contributed by atoms with E-state index in [4.69, 9.17) is 21.1 Å². The molecule has 0 aliphatic heterocycles. The normalized spacial score (nSPS) is 11.3. The molecular weight excluding hydrogens is 572 g/mol. The molecule has 43 heavy (non-hydrogen) atoms. The van der Waals surface area contributed by atoms with Crippen molar-refractivity contribution < 1.29 is 23.0 Å². The topological polar surface area (TPSA) is 56.6 Å². The van der Waals surface area contributed by atoms with Crippen molar-refractivity contribution in [2.24, 2.45) is 0 Å². The number of benzene rings is 4. The van der Waals surface area contributed by atoms with Crippen LogP contribution in [0, 0.1) is 11.6 Å². The van der Waals surface area contributed by atoms with E-state index in [1.807, 2.05) is 60.7 Å². The van der Waals surface area contributed by atoms with Gasteiger partial charge >= 0.3 is 6.09 Å². The number of halogens is 3. The smallest absolute Gasteiger partial charge is 0.435 e. The van der Waals surface area contributed by atoms with Crippen LogP contribution in [0.4, 0.5) is 25.1 Å². The van der Waals surface area contributed by atoms with E-state index in [9.17, 15) is 13.6 Å². The van der Waals surface area contributed by atoms with Crippen molar-refractivity contribution in [1.82, 2.24) is 9.78 Å². The first-order valence-corrected chi connectivity index (χ1v) is 14.0. The van der Waals surface area contributed by atoms with Gasteiger partial charge in [-0.2, -0.15) is 4.68 Å². The van der Waals surface area contributed by atoms with Crippen LogP contribution in [-0.4, -0.2) is 21.5 Å². The van der Waals surface area contributed by atoms with Crippen molar-refractivity contribution in [1.29, 1.82) is 0 Å². The van der Waals surface area contributed by atoms with Crippen LogP contribution >= 0.6 is 11.6 Å². The molecule has 0 saturated carbocycles. The van der Waals surface area contributed by atoms with Crippen LogP contribution in [0.3, 0.4) is 0 Å². The van der Waals surface area contributed by atoms with Crippen LogP contribution in [-0.2, 0) is 17.9 Å². The SMILES string of the molecule is CC(C)(C)OC(=O)n1nc(N(Cc2ccc(F)cc2Cl)c2ccc(F)c(OCc3ccccc3)c2)cc1-c1ccccc1. The van der Waals surface area contributed by atoms with Crippen molar-refractivity contribution in [2.45, 2.75) is 39.5 Å². The molecule has 6 nitrogen and oxygen atoms in total. The molecule has 0 spiro atoms. The number of ether oxygens (including phenoxy) is 2. The molecule has 0 amide bonds. The second-order valence-electron chi connectivity index (χ2n) is 10.9. The standard InChI is InChI=1S/C34H30ClF2N3O3/c1-34(2,3)43-33(41)40-30(24-12-8-5-9-13-24)20-32(38-40)39(21-25-14-15-26(36)18-28(25)35)27-16-17-29(37)31(19-27)42-22-23-10-6-4-7-11-23/h4-20H,21-22H2,1-3H3. The average Bonchev–Trinajstić information content (AvgIpc) is 3.42. The van der Waals surface area contributed by atoms with E-state index in [2.05, 4.69) is 5.10 Å². The van der Waals surface area contributed by atoms with E-state index in [0.717, 1.165) is 11.1 Å². The van der Waals surface area contributed by atoms with Crippen LogP contribution in [0.15, 0.2) is 103 Å². The third kappa shape index (κ3) is 7.40. The Kier molecular flexibility index (Phi) is 8.78. The van der Waals surface area contributed by atoms with Gasteiger partial charge in [-0.15, -0.1) is 5.10 Å². The summed E-state index contributed by atoms with van der Waals surface area (Å²) in [5.41, 5.74) is 2.44. The summed E-state index contributed by atoms with van der Waals surface area (Å²) < 4.78 is 41.5. The van der Waals surface area contributed by atoms with E-state index >= 15 is 0 Å². The van der Waals surface area contributed by atoms with E-state index < -0.39 is 23.3 Å². The minimum Gasteiger partial charge on any atom is -0.486 e. The zero-order valence-corrected chi connectivity index (χ0v) is 24.7. The number of nitrogens with zero attached hydrogens (tertiary/aromatic N) is 3. The third-order valence-electron chi connectivity index (χ3n) is 6.42. The van der Waals surface area contributed by atoms with Crippen molar-refractivity contribution >= 4 is 29.2 Å². The molecule has 0 aliphatic rings. The molecule has 0 radical (unpaired) electrons. The highest BCUT2D eigenvalue weighted by Gasteiger charge is 2.26. The van der Waals surface area contributed by atoms with Gasteiger partial charge in [-0.25, -0.2) is 13.6 Å². The summed E-state index contributed by atoms with van der Waals surface area (Å²) in [5, 5.41) is 4.86. The quantitative estimate of drug-likeness (QED) is 0.177. The van der Waals surface area contributed by atoms with Crippen molar-refractivity contribution in [3.63, 3.8) is 0 Å². The van der Waals surface area contributed by atoms with E-state index in [0.29, 0.717) is 22.8 Å². The first-order valence-electron chi connectivity index (χ1n) is 13.6. The minimum atomic E-state index is -0.763. The van der Waals surface area contributed by atoms with Gasteiger partial charge in [0, 0.05) is 28.4 Å². The molecule has 4 aromatic carbocycles. The number of aromatic nitrogens is 2. The first-order chi connectivity index (χ1) is 20.6. The molecule has 0 unspecified atom stereocenters. The van der Waals surface area contributed by atoms with Gasteiger partial charge in [-0.3, -0.25) is 0 Å². The second-order valence-corrected chi connectivity index (χ2v) is 11.3. The van der Waals surface area contributed by atoms with Gasteiger partial charge in [0.25, 0.3) is 0 Å². The molecular formula is C34H30ClF2N3O3. The van der Waals surface area contributed by atoms with Gasteiger partial charge in [0.2, 0.25) is 0 Å². The molecule has 0 bridgehead atoms. The maximum Gasteiger partial charge on any atom is 0.435 e. The predicted octanol–water partition coefficient (Wildman–Crippen LogP) is 9.18. The van der Waals surface area contributed by atoms with Crippen LogP contribution in [0.25, 0.3) is 11.3 Å². The van der Waals surface area contributed by atoms with Gasteiger partial charge in [-0.05, 0) is 56.2 Å². The predicted molar refractivity (Wildman–Crippen MR) is 164 cm³/mol. The van der Waals surface area contributed by atoms with Gasteiger partial charge in [0.1, 0.15) is 18.0 Å². The summed E-state index contributed by atoms with van der Waals surface area (Å²) in [5.74, 6) is -0.625. The molecule has 0 N–H and O–H groups in total. The zero-order valence-electron chi connectivity index (χ0n) is 23.9. The van der Waals surface area contributed by atoms with E-state index in [-0.39, 0.29) is 23.9 Å². The van der Waals surface area contributed by atoms with Crippen molar-refractivity contribution in [3.05, 3.63) is 131 Å². The molecule has 5 aromatic rings. The summed E-state index contributed by atoms with van der Waals surface area (Å²) in [6.07, 6.45) is -0.664. The summed E-state index contributed by atoms with van der Waals surface area (Å²) in [7, 11) is 0. The number of carbonyl (C=O) groups is 1. The van der Waals surface area contributed by atoms with Gasteiger partial charge in [0.05, 0.1) is 12.2 Å². The molecule has 1 heterocycles. The Labute approximate surface area is 254 Å². The maximum absolute atomic E-state index is 14.9. The Morgan fingerprint density at radius 1 is 0.907 bits per heavy atom. The zero-order chi connectivity index (χ0) is 30.6. The Bertz CT molecular complexity index is 1720. The summed E-state index contributed by atoms with van der Waals surface area (Å²) in [4.78, 5) is 15.1. The Balaban J connectivity index is 1.60. The van der Waals surface area contributed by atoms with Crippen LogP contribution < -0.4 is 9.64 Å². The molecule has 0 saturated heterocycles. The monoisotopic (exact) mass is 601 g/mol. The number of carbonyl (C=O) groups excluding carboxylic acids is 1. The summed E-state index contributed by atoms with van der Waals surface area (Å²) >= 11 is 6.43. The number of hydrogen-bond donors (Lipinski definition) is 0. The lowest BCUT2D eigenvalue weighted by Gasteiger charge is -2.24. The molecule has 0 fully saturated rings. The van der Waals surface area contributed by atoms with Gasteiger partial charge in [0.15, 0.2) is 17.4 Å². The Hall–Kier alpha value is -4.69. The summed E-state index contributed by atoms with van der Waals surface area (Å²) in [6, 6.07) is 29.0. The minimum absolute atomic E-state index is 0.0337. The highest BCUT2D eigenvalue weighted by molar-refractivity contribution is 6.31. The Morgan fingerprint density at radius 3 is 2.28 bits per heavy atom. The van der Waals surface area contributed by atoms with E-state index in [1.54, 1.807) is 49.9 Å². The maximum atomic E-state index is 14.9. The van der Waals surface area contributed by atoms with E-state index in [1.165, 1.54) is 22.9 Å². The van der Waals surface area contributed by atoms with Gasteiger partial charge in [-0.1, -0.05) is 78.3 Å². The van der Waals surface area contributed by atoms with Crippen LogP contribution in [0.5, 0.6) is 5.75 Å². The lowest BCUT2D eigenvalue weighted by atomic mass is 10.1. The molecule has 0 aliphatic carbocycles. The molecule has 9 heteroatoms.